The normalized spacial score (nSPS) is 17.4. The Balaban J connectivity index is 2.00. The third-order valence-electron chi connectivity index (χ3n) is 3.27. The number of unbranched alkanes of at least 4 members (excludes halogenated alkanes) is 1. The number of aryl methyl sites for hydroxylation is 1. The zero-order valence-corrected chi connectivity index (χ0v) is 10.9. The second kappa shape index (κ2) is 5.96. The van der Waals surface area contributed by atoms with Crippen molar-refractivity contribution in [3.05, 3.63) is 18.0 Å². The Morgan fingerprint density at radius 3 is 2.71 bits per heavy atom. The zero-order chi connectivity index (χ0) is 12.1. The van der Waals surface area contributed by atoms with Crippen molar-refractivity contribution in [1.82, 2.24) is 14.9 Å². The highest BCUT2D eigenvalue weighted by molar-refractivity contribution is 5.31. The van der Waals surface area contributed by atoms with E-state index in [1.807, 2.05) is 12.3 Å². The highest BCUT2D eigenvalue weighted by Gasteiger charge is 2.16. The van der Waals surface area contributed by atoms with E-state index in [0.717, 1.165) is 38.5 Å². The average molecular weight is 234 g/mol. The molecule has 0 aliphatic carbocycles. The van der Waals surface area contributed by atoms with Gasteiger partial charge in [0.2, 0.25) is 5.95 Å². The van der Waals surface area contributed by atoms with Crippen LogP contribution < -0.4 is 4.90 Å². The number of anilines is 1. The minimum Gasteiger partial charge on any atom is -0.338 e. The van der Waals surface area contributed by atoms with Gasteiger partial charge in [-0.1, -0.05) is 13.3 Å². The van der Waals surface area contributed by atoms with Crippen molar-refractivity contribution in [2.24, 2.45) is 0 Å². The molecule has 0 atom stereocenters. The lowest BCUT2D eigenvalue weighted by molar-refractivity contribution is 0.311. The SMILES string of the molecule is CCCCc1ccnc(N2CCN(C)CC2)n1. The van der Waals surface area contributed by atoms with Gasteiger partial charge in [0, 0.05) is 38.1 Å². The molecule has 0 spiro atoms. The van der Waals surface area contributed by atoms with Crippen molar-refractivity contribution in [3.8, 4) is 0 Å². The number of hydrogen-bond donors (Lipinski definition) is 0. The Labute approximate surface area is 104 Å². The summed E-state index contributed by atoms with van der Waals surface area (Å²) in [4.78, 5) is 13.7. The first-order valence-electron chi connectivity index (χ1n) is 6.55. The van der Waals surface area contributed by atoms with Gasteiger partial charge in [0.05, 0.1) is 0 Å². The van der Waals surface area contributed by atoms with Gasteiger partial charge in [-0.05, 0) is 26.0 Å². The van der Waals surface area contributed by atoms with Gasteiger partial charge in [-0.25, -0.2) is 9.97 Å². The molecule has 1 fully saturated rings. The molecule has 0 bridgehead atoms. The van der Waals surface area contributed by atoms with Crippen LogP contribution in [0.15, 0.2) is 12.3 Å². The van der Waals surface area contributed by atoms with Gasteiger partial charge >= 0.3 is 0 Å². The lowest BCUT2D eigenvalue weighted by Crippen LogP contribution is -2.45. The molecule has 1 aliphatic heterocycles. The van der Waals surface area contributed by atoms with E-state index in [2.05, 4.69) is 33.7 Å². The number of nitrogens with zero attached hydrogens (tertiary/aromatic N) is 4. The summed E-state index contributed by atoms with van der Waals surface area (Å²) in [5.74, 6) is 0.909. The van der Waals surface area contributed by atoms with Crippen molar-refractivity contribution in [1.29, 1.82) is 0 Å². The maximum Gasteiger partial charge on any atom is 0.225 e. The third-order valence-corrected chi connectivity index (χ3v) is 3.27. The van der Waals surface area contributed by atoms with E-state index >= 15 is 0 Å². The molecule has 17 heavy (non-hydrogen) atoms. The third kappa shape index (κ3) is 3.40. The minimum absolute atomic E-state index is 0.909. The molecule has 0 saturated carbocycles. The van der Waals surface area contributed by atoms with Crippen molar-refractivity contribution >= 4 is 5.95 Å². The summed E-state index contributed by atoms with van der Waals surface area (Å²) >= 11 is 0. The number of rotatable bonds is 4. The van der Waals surface area contributed by atoms with Crippen LogP contribution in [0, 0.1) is 0 Å². The lowest BCUT2D eigenvalue weighted by atomic mass is 10.2. The summed E-state index contributed by atoms with van der Waals surface area (Å²) in [6.07, 6.45) is 5.39. The van der Waals surface area contributed by atoms with Crippen LogP contribution >= 0.6 is 0 Å². The molecule has 1 aromatic rings. The zero-order valence-electron chi connectivity index (χ0n) is 10.9. The summed E-state index contributed by atoms with van der Waals surface area (Å²) in [7, 11) is 2.16. The molecule has 1 saturated heterocycles. The van der Waals surface area contributed by atoms with E-state index in [1.165, 1.54) is 18.5 Å². The highest BCUT2D eigenvalue weighted by Crippen LogP contribution is 2.11. The Hall–Kier alpha value is -1.16. The number of hydrogen-bond acceptors (Lipinski definition) is 4. The predicted molar refractivity (Wildman–Crippen MR) is 70.4 cm³/mol. The van der Waals surface area contributed by atoms with Gasteiger partial charge in [-0.15, -0.1) is 0 Å². The van der Waals surface area contributed by atoms with Gasteiger partial charge in [-0.3, -0.25) is 0 Å². The topological polar surface area (TPSA) is 32.3 Å². The standard InChI is InChI=1S/C13H22N4/c1-3-4-5-12-6-7-14-13(15-12)17-10-8-16(2)9-11-17/h6-7H,3-5,8-11H2,1-2H3. The summed E-state index contributed by atoms with van der Waals surface area (Å²) in [5, 5.41) is 0. The second-order valence-electron chi connectivity index (χ2n) is 4.74. The van der Waals surface area contributed by atoms with Gasteiger partial charge in [0.25, 0.3) is 0 Å². The largest absolute Gasteiger partial charge is 0.338 e. The molecule has 0 unspecified atom stereocenters. The predicted octanol–water partition coefficient (Wildman–Crippen LogP) is 1.57. The lowest BCUT2D eigenvalue weighted by Gasteiger charge is -2.32. The van der Waals surface area contributed by atoms with Crippen molar-refractivity contribution < 1.29 is 0 Å². The fourth-order valence-electron chi connectivity index (χ4n) is 2.04. The van der Waals surface area contributed by atoms with E-state index in [4.69, 9.17) is 0 Å². The quantitative estimate of drug-likeness (QED) is 0.791. The van der Waals surface area contributed by atoms with Crippen LogP contribution in [0.2, 0.25) is 0 Å². The Morgan fingerprint density at radius 1 is 1.24 bits per heavy atom. The van der Waals surface area contributed by atoms with Gasteiger partial charge in [-0.2, -0.15) is 0 Å². The van der Waals surface area contributed by atoms with E-state index in [0.29, 0.717) is 0 Å². The monoisotopic (exact) mass is 234 g/mol. The van der Waals surface area contributed by atoms with E-state index < -0.39 is 0 Å². The molecule has 4 nitrogen and oxygen atoms in total. The van der Waals surface area contributed by atoms with Crippen molar-refractivity contribution in [2.75, 3.05) is 38.1 Å². The van der Waals surface area contributed by atoms with Gasteiger partial charge < -0.3 is 9.80 Å². The summed E-state index contributed by atoms with van der Waals surface area (Å²) < 4.78 is 0. The first kappa shape index (κ1) is 12.3. The smallest absolute Gasteiger partial charge is 0.225 e. The van der Waals surface area contributed by atoms with Crippen LogP contribution in [-0.2, 0) is 6.42 Å². The summed E-state index contributed by atoms with van der Waals surface area (Å²) in [6, 6.07) is 2.04. The molecule has 1 aromatic heterocycles. The van der Waals surface area contributed by atoms with Crippen molar-refractivity contribution in [2.45, 2.75) is 26.2 Å². The van der Waals surface area contributed by atoms with E-state index in [9.17, 15) is 0 Å². The minimum atomic E-state index is 0.909. The molecule has 4 heteroatoms. The van der Waals surface area contributed by atoms with Crippen molar-refractivity contribution in [3.63, 3.8) is 0 Å². The Kier molecular flexibility index (Phi) is 4.31. The number of piperazine rings is 1. The maximum atomic E-state index is 4.66. The summed E-state index contributed by atoms with van der Waals surface area (Å²) in [6.45, 7) is 6.48. The van der Waals surface area contributed by atoms with E-state index in [-0.39, 0.29) is 0 Å². The molecular weight excluding hydrogens is 212 g/mol. The molecule has 0 N–H and O–H groups in total. The first-order valence-corrected chi connectivity index (χ1v) is 6.55. The maximum absolute atomic E-state index is 4.66. The average Bonchev–Trinajstić information content (AvgIpc) is 2.37. The molecule has 0 aromatic carbocycles. The molecule has 0 amide bonds. The van der Waals surface area contributed by atoms with Crippen LogP contribution in [0.4, 0.5) is 5.95 Å². The molecule has 1 aliphatic rings. The fourth-order valence-corrected chi connectivity index (χ4v) is 2.04. The van der Waals surface area contributed by atoms with Crippen LogP contribution in [-0.4, -0.2) is 48.1 Å². The summed E-state index contributed by atoms with van der Waals surface area (Å²) in [5.41, 5.74) is 1.18. The first-order chi connectivity index (χ1) is 8.29. The number of likely N-dealkylation sites (N-methyl/N-ethyl adjacent to an activating group) is 1. The van der Waals surface area contributed by atoms with Gasteiger partial charge in [0.1, 0.15) is 0 Å². The second-order valence-corrected chi connectivity index (χ2v) is 4.74. The molecule has 2 heterocycles. The fraction of sp³-hybridized carbons (Fsp3) is 0.692. The molecule has 2 rings (SSSR count). The Morgan fingerprint density at radius 2 is 2.00 bits per heavy atom. The van der Waals surface area contributed by atoms with Crippen LogP contribution in [0.3, 0.4) is 0 Å². The van der Waals surface area contributed by atoms with Crippen LogP contribution in [0.1, 0.15) is 25.5 Å². The van der Waals surface area contributed by atoms with Crippen LogP contribution in [0.25, 0.3) is 0 Å². The molecular formula is C13H22N4. The Bertz CT molecular complexity index is 345. The molecule has 94 valence electrons. The van der Waals surface area contributed by atoms with Crippen LogP contribution in [0.5, 0.6) is 0 Å². The van der Waals surface area contributed by atoms with E-state index in [1.54, 1.807) is 0 Å². The highest BCUT2D eigenvalue weighted by atomic mass is 15.3. The molecule has 0 radical (unpaired) electrons. The van der Waals surface area contributed by atoms with Gasteiger partial charge in [0.15, 0.2) is 0 Å². The number of aromatic nitrogens is 2.